The lowest BCUT2D eigenvalue weighted by Crippen LogP contribution is -2.22. The molecule has 0 saturated heterocycles. The van der Waals surface area contributed by atoms with Crippen LogP contribution >= 0.6 is 0 Å². The van der Waals surface area contributed by atoms with Crippen LogP contribution in [-0.2, 0) is 14.4 Å². The molecule has 0 aromatic heterocycles. The molecule has 116 valence electrons. The number of allylic oxidation sites excluding steroid dienone is 2. The van der Waals surface area contributed by atoms with Gasteiger partial charge in [0.05, 0.1) is 5.92 Å². The Morgan fingerprint density at radius 1 is 1.32 bits per heavy atom. The van der Waals surface area contributed by atoms with E-state index in [2.05, 4.69) is 17.2 Å². The summed E-state index contributed by atoms with van der Waals surface area (Å²) in [5, 5.41) is 14.2. The number of amides is 2. The van der Waals surface area contributed by atoms with Crippen LogP contribution in [0.3, 0.4) is 0 Å². The third kappa shape index (κ3) is 2.86. The summed E-state index contributed by atoms with van der Waals surface area (Å²) in [5.74, 6) is -1.79. The van der Waals surface area contributed by atoms with Crippen molar-refractivity contribution < 1.29 is 19.5 Å². The first-order valence-corrected chi connectivity index (χ1v) is 6.95. The van der Waals surface area contributed by atoms with Crippen LogP contribution in [0.15, 0.2) is 46.8 Å². The Balaban J connectivity index is 2.26. The highest BCUT2D eigenvalue weighted by Gasteiger charge is 2.31. The summed E-state index contributed by atoms with van der Waals surface area (Å²) in [6.45, 7) is 7.20. The van der Waals surface area contributed by atoms with Crippen LogP contribution in [0.4, 0.5) is 0 Å². The van der Waals surface area contributed by atoms with Crippen molar-refractivity contribution in [2.75, 3.05) is 0 Å². The fraction of sp³-hybridized carbons (Fsp3) is 0.312. The first-order chi connectivity index (χ1) is 10.3. The van der Waals surface area contributed by atoms with Crippen molar-refractivity contribution in [2.24, 2.45) is 5.92 Å². The summed E-state index contributed by atoms with van der Waals surface area (Å²) in [7, 11) is 0. The number of carboxylic acid groups (broad SMARTS) is 1. The van der Waals surface area contributed by atoms with Crippen molar-refractivity contribution in [3.63, 3.8) is 0 Å². The van der Waals surface area contributed by atoms with Crippen LogP contribution in [-0.4, -0.2) is 22.9 Å². The van der Waals surface area contributed by atoms with Crippen molar-refractivity contribution >= 4 is 17.8 Å². The molecule has 1 atom stereocenters. The standard InChI is InChI=1S/C16H18N2O4/c1-4-10-8(2)12(17-15(10)21)7-13-9(3)11(16(22)18-13)5-6-14(19)20/h4,7,11H,1,5-6H2,2-3H3,(H,17,21)(H,18,22)(H,19,20). The fourth-order valence-corrected chi connectivity index (χ4v) is 2.60. The molecule has 2 aliphatic heterocycles. The maximum atomic E-state index is 12.0. The van der Waals surface area contributed by atoms with E-state index in [-0.39, 0.29) is 24.7 Å². The highest BCUT2D eigenvalue weighted by Crippen LogP contribution is 2.29. The number of hydrogen-bond acceptors (Lipinski definition) is 3. The number of carboxylic acids is 1. The minimum Gasteiger partial charge on any atom is -0.481 e. The van der Waals surface area contributed by atoms with E-state index in [0.29, 0.717) is 17.0 Å². The number of carbonyl (C=O) groups is 3. The SMILES string of the molecule is C=CC1=C(C)C(=CC2=C(C)C(CCC(=O)O)C(=O)N2)NC1=O. The lowest BCUT2D eigenvalue weighted by molar-refractivity contribution is -0.137. The molecule has 2 aliphatic rings. The third-order valence-electron chi connectivity index (χ3n) is 3.96. The van der Waals surface area contributed by atoms with Gasteiger partial charge in [0.25, 0.3) is 5.91 Å². The molecule has 0 bridgehead atoms. The van der Waals surface area contributed by atoms with Crippen LogP contribution in [0.5, 0.6) is 0 Å². The van der Waals surface area contributed by atoms with Crippen molar-refractivity contribution in [3.8, 4) is 0 Å². The number of carbonyl (C=O) groups excluding carboxylic acids is 2. The smallest absolute Gasteiger partial charge is 0.303 e. The number of aliphatic carboxylic acids is 1. The van der Waals surface area contributed by atoms with Gasteiger partial charge < -0.3 is 15.7 Å². The summed E-state index contributed by atoms with van der Waals surface area (Å²) in [6.07, 6.45) is 3.40. The predicted molar refractivity (Wildman–Crippen MR) is 80.3 cm³/mol. The first-order valence-electron chi connectivity index (χ1n) is 6.95. The zero-order valence-electron chi connectivity index (χ0n) is 12.5. The Hall–Kier alpha value is -2.63. The highest BCUT2D eigenvalue weighted by molar-refractivity contribution is 6.02. The van der Waals surface area contributed by atoms with E-state index in [0.717, 1.165) is 11.1 Å². The van der Waals surface area contributed by atoms with Gasteiger partial charge in [-0.05, 0) is 37.5 Å². The van der Waals surface area contributed by atoms with Crippen molar-refractivity contribution in [1.29, 1.82) is 0 Å². The molecule has 2 amide bonds. The number of nitrogens with one attached hydrogen (secondary N) is 2. The normalized spacial score (nSPS) is 23.2. The van der Waals surface area contributed by atoms with Gasteiger partial charge in [-0.15, -0.1) is 0 Å². The maximum absolute atomic E-state index is 12.0. The molecule has 6 heteroatoms. The molecule has 2 heterocycles. The minimum atomic E-state index is -0.926. The largest absolute Gasteiger partial charge is 0.481 e. The summed E-state index contributed by atoms with van der Waals surface area (Å²) in [4.78, 5) is 34.4. The van der Waals surface area contributed by atoms with Crippen molar-refractivity contribution in [2.45, 2.75) is 26.7 Å². The van der Waals surface area contributed by atoms with Crippen molar-refractivity contribution in [1.82, 2.24) is 10.6 Å². The van der Waals surface area contributed by atoms with E-state index in [1.165, 1.54) is 6.08 Å². The summed E-state index contributed by atoms with van der Waals surface area (Å²) >= 11 is 0. The van der Waals surface area contributed by atoms with Crippen LogP contribution in [0.2, 0.25) is 0 Å². The van der Waals surface area contributed by atoms with Gasteiger partial charge in [0.2, 0.25) is 5.91 Å². The molecule has 0 aromatic rings. The van der Waals surface area contributed by atoms with E-state index in [4.69, 9.17) is 5.11 Å². The van der Waals surface area contributed by atoms with E-state index >= 15 is 0 Å². The highest BCUT2D eigenvalue weighted by atomic mass is 16.4. The monoisotopic (exact) mass is 302 g/mol. The van der Waals surface area contributed by atoms with Gasteiger partial charge in [-0.3, -0.25) is 14.4 Å². The molecule has 6 nitrogen and oxygen atoms in total. The lowest BCUT2D eigenvalue weighted by Gasteiger charge is -2.06. The molecular formula is C16H18N2O4. The minimum absolute atomic E-state index is 0.0600. The molecule has 1 unspecified atom stereocenters. The topological polar surface area (TPSA) is 95.5 Å². The van der Waals surface area contributed by atoms with Crippen LogP contribution in [0.25, 0.3) is 0 Å². The zero-order valence-corrected chi connectivity index (χ0v) is 12.5. The zero-order chi connectivity index (χ0) is 16.4. The van der Waals surface area contributed by atoms with Gasteiger partial charge in [-0.25, -0.2) is 0 Å². The van der Waals surface area contributed by atoms with Gasteiger partial charge in [-0.1, -0.05) is 12.7 Å². The number of rotatable bonds is 5. The second kappa shape index (κ2) is 6.01. The molecule has 22 heavy (non-hydrogen) atoms. The summed E-state index contributed by atoms with van der Waals surface area (Å²) in [6, 6.07) is 0. The number of hydrogen-bond donors (Lipinski definition) is 3. The molecule has 0 aliphatic carbocycles. The average molecular weight is 302 g/mol. The van der Waals surface area contributed by atoms with E-state index in [9.17, 15) is 14.4 Å². The molecule has 0 spiro atoms. The Morgan fingerprint density at radius 2 is 2.00 bits per heavy atom. The van der Waals surface area contributed by atoms with Gasteiger partial charge in [-0.2, -0.15) is 0 Å². The Kier molecular flexibility index (Phi) is 4.30. The quantitative estimate of drug-likeness (QED) is 0.715. The average Bonchev–Trinajstić information content (AvgIpc) is 2.86. The van der Waals surface area contributed by atoms with Gasteiger partial charge >= 0.3 is 5.97 Å². The molecule has 0 fully saturated rings. The second-order valence-electron chi connectivity index (χ2n) is 5.33. The van der Waals surface area contributed by atoms with E-state index in [1.54, 1.807) is 19.9 Å². The Labute approximate surface area is 128 Å². The van der Waals surface area contributed by atoms with Gasteiger partial charge in [0, 0.05) is 23.4 Å². The molecule has 0 saturated carbocycles. The van der Waals surface area contributed by atoms with Crippen LogP contribution < -0.4 is 10.6 Å². The van der Waals surface area contributed by atoms with E-state index < -0.39 is 11.9 Å². The Morgan fingerprint density at radius 3 is 2.55 bits per heavy atom. The summed E-state index contributed by atoms with van der Waals surface area (Å²) in [5.41, 5.74) is 3.29. The molecular weight excluding hydrogens is 284 g/mol. The first kappa shape index (κ1) is 15.8. The molecule has 2 rings (SSSR count). The summed E-state index contributed by atoms with van der Waals surface area (Å²) < 4.78 is 0. The fourth-order valence-electron chi connectivity index (χ4n) is 2.60. The van der Waals surface area contributed by atoms with Gasteiger partial charge in [0.1, 0.15) is 0 Å². The molecule has 0 aromatic carbocycles. The van der Waals surface area contributed by atoms with Crippen LogP contribution in [0.1, 0.15) is 26.7 Å². The third-order valence-corrected chi connectivity index (χ3v) is 3.96. The lowest BCUT2D eigenvalue weighted by atomic mass is 9.96. The van der Waals surface area contributed by atoms with E-state index in [1.807, 2.05) is 0 Å². The van der Waals surface area contributed by atoms with Gasteiger partial charge in [0.15, 0.2) is 0 Å². The molecule has 0 radical (unpaired) electrons. The second-order valence-corrected chi connectivity index (χ2v) is 5.33. The van der Waals surface area contributed by atoms with Crippen molar-refractivity contribution in [3.05, 3.63) is 46.8 Å². The maximum Gasteiger partial charge on any atom is 0.303 e. The Bertz CT molecular complexity index is 668. The molecule has 3 N–H and O–H groups in total. The predicted octanol–water partition coefficient (Wildman–Crippen LogP) is 1.39. The van der Waals surface area contributed by atoms with Crippen LogP contribution in [0, 0.1) is 5.92 Å².